The Hall–Kier alpha value is -1.75. The van der Waals surface area contributed by atoms with Crippen LogP contribution in [-0.2, 0) is 0 Å². The molecule has 0 bridgehead atoms. The Bertz CT molecular complexity index is 454. The van der Waals surface area contributed by atoms with Crippen molar-refractivity contribution in [2.45, 2.75) is 0 Å². The third kappa shape index (κ3) is 1.72. The second-order valence-electron chi connectivity index (χ2n) is 4.33. The molecule has 0 spiro atoms. The first kappa shape index (κ1) is 10.4. The minimum atomic E-state index is -0.0204. The van der Waals surface area contributed by atoms with Gasteiger partial charge in [-0.15, -0.1) is 0 Å². The molecule has 5 heteroatoms. The van der Waals surface area contributed by atoms with Crippen LogP contribution in [-0.4, -0.2) is 42.4 Å². The topological polar surface area (TPSA) is 59.0 Å². The summed E-state index contributed by atoms with van der Waals surface area (Å²) in [5.74, 6) is 1.51. The van der Waals surface area contributed by atoms with Gasteiger partial charge < -0.3 is 19.5 Å². The summed E-state index contributed by atoms with van der Waals surface area (Å²) in [5, 5.41) is 8.91. The van der Waals surface area contributed by atoms with E-state index in [1.165, 1.54) is 0 Å². The van der Waals surface area contributed by atoms with Crippen molar-refractivity contribution in [2.24, 2.45) is 5.92 Å². The zero-order chi connectivity index (χ0) is 11.8. The fourth-order valence-electron chi connectivity index (χ4n) is 2.06. The van der Waals surface area contributed by atoms with E-state index >= 15 is 0 Å². The summed E-state index contributed by atoms with van der Waals surface area (Å²) in [7, 11) is 0. The Morgan fingerprint density at radius 2 is 2.12 bits per heavy atom. The summed E-state index contributed by atoms with van der Waals surface area (Å²) >= 11 is 0. The quantitative estimate of drug-likeness (QED) is 0.810. The molecular formula is C12H13NO4. The molecule has 0 saturated carbocycles. The van der Waals surface area contributed by atoms with Crippen molar-refractivity contribution in [1.82, 2.24) is 4.90 Å². The first-order valence-electron chi connectivity index (χ1n) is 5.57. The van der Waals surface area contributed by atoms with Gasteiger partial charge in [-0.25, -0.2) is 0 Å². The number of rotatable bonds is 2. The van der Waals surface area contributed by atoms with E-state index in [-0.39, 0.29) is 25.2 Å². The van der Waals surface area contributed by atoms with E-state index in [0.29, 0.717) is 30.2 Å². The molecular weight excluding hydrogens is 222 g/mol. The summed E-state index contributed by atoms with van der Waals surface area (Å²) in [6.07, 6.45) is 0. The number of hydrogen-bond acceptors (Lipinski definition) is 4. The van der Waals surface area contributed by atoms with Crippen LogP contribution in [0.15, 0.2) is 18.2 Å². The minimum Gasteiger partial charge on any atom is -0.454 e. The van der Waals surface area contributed by atoms with Gasteiger partial charge in [-0.2, -0.15) is 0 Å². The summed E-state index contributed by atoms with van der Waals surface area (Å²) in [5.41, 5.74) is 0.602. The van der Waals surface area contributed by atoms with E-state index in [4.69, 9.17) is 14.6 Å². The molecule has 0 radical (unpaired) electrons. The van der Waals surface area contributed by atoms with E-state index in [1.54, 1.807) is 23.1 Å². The van der Waals surface area contributed by atoms with Crippen LogP contribution in [0.2, 0.25) is 0 Å². The maximum absolute atomic E-state index is 12.0. The molecule has 1 N–H and O–H groups in total. The van der Waals surface area contributed by atoms with Gasteiger partial charge in [0.25, 0.3) is 5.91 Å². The summed E-state index contributed by atoms with van der Waals surface area (Å²) in [6, 6.07) is 5.19. The van der Waals surface area contributed by atoms with Gasteiger partial charge in [0.05, 0.1) is 0 Å². The van der Waals surface area contributed by atoms with Gasteiger partial charge in [-0.05, 0) is 18.2 Å². The van der Waals surface area contributed by atoms with Crippen molar-refractivity contribution in [3.63, 3.8) is 0 Å². The predicted molar refractivity (Wildman–Crippen MR) is 59.0 cm³/mol. The van der Waals surface area contributed by atoms with Gasteiger partial charge in [0.15, 0.2) is 11.5 Å². The molecule has 1 saturated heterocycles. The van der Waals surface area contributed by atoms with E-state index in [2.05, 4.69) is 0 Å². The lowest BCUT2D eigenvalue weighted by Gasteiger charge is -2.38. The zero-order valence-electron chi connectivity index (χ0n) is 9.26. The molecule has 2 heterocycles. The number of ether oxygens (including phenoxy) is 2. The van der Waals surface area contributed by atoms with Crippen molar-refractivity contribution in [3.05, 3.63) is 23.8 Å². The molecule has 2 aliphatic heterocycles. The molecule has 5 nitrogen and oxygen atoms in total. The van der Waals surface area contributed by atoms with Crippen LogP contribution < -0.4 is 9.47 Å². The number of carbonyl (C=O) groups is 1. The average molecular weight is 235 g/mol. The van der Waals surface area contributed by atoms with Crippen LogP contribution in [0.25, 0.3) is 0 Å². The van der Waals surface area contributed by atoms with Crippen LogP contribution in [0, 0.1) is 5.92 Å². The Kier molecular flexibility index (Phi) is 2.40. The monoisotopic (exact) mass is 235 g/mol. The number of likely N-dealkylation sites (tertiary alicyclic amines) is 1. The van der Waals surface area contributed by atoms with Crippen molar-refractivity contribution in [1.29, 1.82) is 0 Å². The van der Waals surface area contributed by atoms with Gasteiger partial charge in [0.2, 0.25) is 6.79 Å². The molecule has 90 valence electrons. The second kappa shape index (κ2) is 3.92. The molecule has 1 aromatic rings. The third-order valence-electron chi connectivity index (χ3n) is 3.12. The van der Waals surface area contributed by atoms with Crippen LogP contribution in [0.5, 0.6) is 11.5 Å². The predicted octanol–water partition coefficient (Wildman–Crippen LogP) is 0.480. The second-order valence-corrected chi connectivity index (χ2v) is 4.33. The van der Waals surface area contributed by atoms with E-state index < -0.39 is 0 Å². The van der Waals surface area contributed by atoms with Crippen molar-refractivity contribution < 1.29 is 19.4 Å². The number of amides is 1. The van der Waals surface area contributed by atoms with Gasteiger partial charge in [-0.1, -0.05) is 0 Å². The fraction of sp³-hybridized carbons (Fsp3) is 0.417. The van der Waals surface area contributed by atoms with Gasteiger partial charge in [0, 0.05) is 31.2 Å². The first-order valence-corrected chi connectivity index (χ1v) is 5.57. The molecule has 0 unspecified atom stereocenters. The lowest BCUT2D eigenvalue weighted by molar-refractivity contribution is 0.0361. The number of fused-ring (bicyclic) bond motifs is 1. The standard InChI is InChI=1S/C12H13NO4/c14-6-8-4-13(5-8)12(15)9-1-2-10-11(3-9)17-7-16-10/h1-3,8,14H,4-7H2. The van der Waals surface area contributed by atoms with Crippen molar-refractivity contribution >= 4 is 5.91 Å². The SMILES string of the molecule is O=C(c1ccc2c(c1)OCO2)N1CC(CO)C1. The maximum Gasteiger partial charge on any atom is 0.254 e. The Morgan fingerprint density at radius 1 is 1.35 bits per heavy atom. The summed E-state index contributed by atoms with van der Waals surface area (Å²) in [4.78, 5) is 13.8. The Morgan fingerprint density at radius 3 is 2.88 bits per heavy atom. The molecule has 0 aromatic heterocycles. The summed E-state index contributed by atoms with van der Waals surface area (Å²) < 4.78 is 10.4. The first-order chi connectivity index (χ1) is 8.28. The molecule has 1 amide bonds. The van der Waals surface area contributed by atoms with Gasteiger partial charge in [0.1, 0.15) is 0 Å². The highest BCUT2D eigenvalue weighted by atomic mass is 16.7. The highest BCUT2D eigenvalue weighted by Gasteiger charge is 2.31. The normalized spacial score (nSPS) is 18.1. The summed E-state index contributed by atoms with van der Waals surface area (Å²) in [6.45, 7) is 1.61. The third-order valence-corrected chi connectivity index (χ3v) is 3.12. The van der Waals surface area contributed by atoms with Gasteiger partial charge in [-0.3, -0.25) is 4.79 Å². The van der Waals surface area contributed by atoms with Crippen LogP contribution >= 0.6 is 0 Å². The number of nitrogens with zero attached hydrogens (tertiary/aromatic N) is 1. The number of aliphatic hydroxyl groups excluding tert-OH is 1. The zero-order valence-corrected chi connectivity index (χ0v) is 9.26. The maximum atomic E-state index is 12.0. The minimum absolute atomic E-state index is 0.0204. The smallest absolute Gasteiger partial charge is 0.254 e. The number of benzene rings is 1. The Balaban J connectivity index is 1.74. The van der Waals surface area contributed by atoms with Crippen LogP contribution in [0.4, 0.5) is 0 Å². The number of carbonyl (C=O) groups excluding carboxylic acids is 1. The molecule has 1 fully saturated rings. The lowest BCUT2D eigenvalue weighted by Crippen LogP contribution is -2.51. The number of aliphatic hydroxyl groups is 1. The fourth-order valence-corrected chi connectivity index (χ4v) is 2.06. The highest BCUT2D eigenvalue weighted by molar-refractivity contribution is 5.95. The van der Waals surface area contributed by atoms with Crippen LogP contribution in [0.3, 0.4) is 0 Å². The van der Waals surface area contributed by atoms with Gasteiger partial charge >= 0.3 is 0 Å². The lowest BCUT2D eigenvalue weighted by atomic mass is 10.00. The molecule has 0 aliphatic carbocycles. The largest absolute Gasteiger partial charge is 0.454 e. The Labute approximate surface area is 98.6 Å². The van der Waals surface area contributed by atoms with E-state index in [0.717, 1.165) is 0 Å². The van der Waals surface area contributed by atoms with E-state index in [1.807, 2.05) is 0 Å². The highest BCUT2D eigenvalue weighted by Crippen LogP contribution is 2.33. The number of hydrogen-bond donors (Lipinski definition) is 1. The average Bonchev–Trinajstić information content (AvgIpc) is 2.74. The molecule has 0 atom stereocenters. The van der Waals surface area contributed by atoms with Crippen molar-refractivity contribution in [2.75, 3.05) is 26.5 Å². The molecule has 2 aliphatic rings. The van der Waals surface area contributed by atoms with Crippen molar-refractivity contribution in [3.8, 4) is 11.5 Å². The molecule has 3 rings (SSSR count). The molecule has 1 aromatic carbocycles. The van der Waals surface area contributed by atoms with E-state index in [9.17, 15) is 4.79 Å². The molecule has 17 heavy (non-hydrogen) atoms. The van der Waals surface area contributed by atoms with Crippen LogP contribution in [0.1, 0.15) is 10.4 Å².